The van der Waals surface area contributed by atoms with Gasteiger partial charge < -0.3 is 9.72 Å². The summed E-state index contributed by atoms with van der Waals surface area (Å²) in [6.45, 7) is 4.43. The number of imidazole rings is 1. The Hall–Kier alpha value is -1.32. The molecule has 0 saturated carbocycles. The number of esters is 1. The minimum absolute atomic E-state index is 0.144. The molecule has 0 amide bonds. The first-order valence-corrected chi connectivity index (χ1v) is 4.88. The van der Waals surface area contributed by atoms with Crippen molar-refractivity contribution < 1.29 is 9.53 Å². The first kappa shape index (κ1) is 10.8. The molecule has 0 atom stereocenters. The molecule has 0 radical (unpaired) electrons. The fourth-order valence-electron chi connectivity index (χ4n) is 1.15. The lowest BCUT2D eigenvalue weighted by Gasteiger charge is -2.01. The van der Waals surface area contributed by atoms with Gasteiger partial charge >= 0.3 is 5.97 Å². The molecule has 0 spiro atoms. The summed E-state index contributed by atoms with van der Waals surface area (Å²) in [5, 5.41) is 0. The highest BCUT2D eigenvalue weighted by Crippen LogP contribution is 2.04. The van der Waals surface area contributed by atoms with Crippen LogP contribution in [-0.2, 0) is 16.0 Å². The van der Waals surface area contributed by atoms with Gasteiger partial charge in [-0.1, -0.05) is 6.92 Å². The summed E-state index contributed by atoms with van der Waals surface area (Å²) in [5.74, 6) is -0.144. The molecule has 1 heterocycles. The Kier molecular flexibility index (Phi) is 4.16. The number of carbonyl (C=O) groups excluding carboxylic acids is 1. The van der Waals surface area contributed by atoms with Crippen LogP contribution in [0, 0.1) is 6.92 Å². The second kappa shape index (κ2) is 5.42. The van der Waals surface area contributed by atoms with E-state index in [0.717, 1.165) is 17.8 Å². The highest BCUT2D eigenvalue weighted by atomic mass is 16.5. The molecule has 0 saturated heterocycles. The van der Waals surface area contributed by atoms with Crippen molar-refractivity contribution in [3.63, 3.8) is 0 Å². The summed E-state index contributed by atoms with van der Waals surface area (Å²) in [5.41, 5.74) is 1.96. The van der Waals surface area contributed by atoms with Crippen LogP contribution in [0.4, 0.5) is 0 Å². The van der Waals surface area contributed by atoms with E-state index in [4.69, 9.17) is 4.74 Å². The van der Waals surface area contributed by atoms with Gasteiger partial charge in [-0.05, 0) is 13.3 Å². The van der Waals surface area contributed by atoms with Crippen molar-refractivity contribution in [3.8, 4) is 0 Å². The summed E-state index contributed by atoms with van der Waals surface area (Å²) in [6, 6.07) is 0. The molecule has 0 unspecified atom stereocenters. The highest BCUT2D eigenvalue weighted by Gasteiger charge is 2.06. The number of ether oxygens (including phenoxy) is 1. The zero-order valence-corrected chi connectivity index (χ0v) is 8.67. The SMILES string of the molecule is CCCOC(=O)CCc1nc[nH]c1C. The number of aromatic nitrogens is 2. The zero-order valence-electron chi connectivity index (χ0n) is 8.67. The standard InChI is InChI=1S/C10H16N2O2/c1-3-6-14-10(13)5-4-9-8(2)11-7-12-9/h7H,3-6H2,1-2H3,(H,11,12). The van der Waals surface area contributed by atoms with Gasteiger partial charge in [-0.15, -0.1) is 0 Å². The highest BCUT2D eigenvalue weighted by molar-refractivity contribution is 5.69. The lowest BCUT2D eigenvalue weighted by molar-refractivity contribution is -0.143. The van der Waals surface area contributed by atoms with Crippen molar-refractivity contribution in [1.29, 1.82) is 0 Å². The normalized spacial score (nSPS) is 10.1. The maximum atomic E-state index is 11.1. The third kappa shape index (κ3) is 3.20. The van der Waals surface area contributed by atoms with Crippen molar-refractivity contribution in [2.45, 2.75) is 33.1 Å². The van der Waals surface area contributed by atoms with E-state index in [9.17, 15) is 4.79 Å². The zero-order chi connectivity index (χ0) is 10.4. The number of hydrogen-bond donors (Lipinski definition) is 1. The molecule has 4 nitrogen and oxygen atoms in total. The van der Waals surface area contributed by atoms with Gasteiger partial charge in [0.15, 0.2) is 0 Å². The Labute approximate surface area is 83.7 Å². The monoisotopic (exact) mass is 196 g/mol. The van der Waals surface area contributed by atoms with E-state index in [-0.39, 0.29) is 5.97 Å². The Bertz CT molecular complexity index is 294. The lowest BCUT2D eigenvalue weighted by atomic mass is 10.2. The number of carbonyl (C=O) groups is 1. The van der Waals surface area contributed by atoms with Crippen LogP contribution in [0.15, 0.2) is 6.33 Å². The van der Waals surface area contributed by atoms with Crippen LogP contribution in [0.25, 0.3) is 0 Å². The molecule has 4 heteroatoms. The summed E-state index contributed by atoms with van der Waals surface area (Å²) >= 11 is 0. The molecule has 14 heavy (non-hydrogen) atoms. The molecular weight excluding hydrogens is 180 g/mol. The van der Waals surface area contributed by atoms with Crippen LogP contribution in [0.2, 0.25) is 0 Å². The van der Waals surface area contributed by atoms with Crippen molar-refractivity contribution in [1.82, 2.24) is 9.97 Å². The van der Waals surface area contributed by atoms with Crippen LogP contribution in [0.5, 0.6) is 0 Å². The van der Waals surface area contributed by atoms with Gasteiger partial charge in [0, 0.05) is 12.1 Å². The second-order valence-corrected chi connectivity index (χ2v) is 3.19. The van der Waals surface area contributed by atoms with E-state index in [1.54, 1.807) is 6.33 Å². The first-order chi connectivity index (χ1) is 6.74. The van der Waals surface area contributed by atoms with Crippen LogP contribution in [-0.4, -0.2) is 22.5 Å². The first-order valence-electron chi connectivity index (χ1n) is 4.88. The Morgan fingerprint density at radius 3 is 3.00 bits per heavy atom. The molecule has 0 aromatic carbocycles. The minimum Gasteiger partial charge on any atom is -0.466 e. The van der Waals surface area contributed by atoms with E-state index in [1.165, 1.54) is 0 Å². The van der Waals surface area contributed by atoms with Gasteiger partial charge in [0.25, 0.3) is 0 Å². The van der Waals surface area contributed by atoms with Crippen LogP contribution >= 0.6 is 0 Å². The van der Waals surface area contributed by atoms with E-state index in [0.29, 0.717) is 19.4 Å². The summed E-state index contributed by atoms with van der Waals surface area (Å²) < 4.78 is 4.95. The maximum absolute atomic E-state index is 11.1. The van der Waals surface area contributed by atoms with E-state index in [1.807, 2.05) is 13.8 Å². The third-order valence-electron chi connectivity index (χ3n) is 1.97. The fourth-order valence-corrected chi connectivity index (χ4v) is 1.15. The predicted molar refractivity (Wildman–Crippen MR) is 52.9 cm³/mol. The Balaban J connectivity index is 2.27. The smallest absolute Gasteiger partial charge is 0.306 e. The Morgan fingerprint density at radius 1 is 1.64 bits per heavy atom. The van der Waals surface area contributed by atoms with Gasteiger partial charge in [-0.3, -0.25) is 4.79 Å². The molecule has 1 N–H and O–H groups in total. The third-order valence-corrected chi connectivity index (χ3v) is 1.97. The van der Waals surface area contributed by atoms with Crippen molar-refractivity contribution >= 4 is 5.97 Å². The molecule has 1 rings (SSSR count). The average Bonchev–Trinajstić information content (AvgIpc) is 2.58. The predicted octanol–water partition coefficient (Wildman–Crippen LogP) is 1.60. The van der Waals surface area contributed by atoms with Crippen LogP contribution in [0.1, 0.15) is 31.2 Å². The minimum atomic E-state index is -0.144. The van der Waals surface area contributed by atoms with Gasteiger partial charge in [-0.25, -0.2) is 4.98 Å². The topological polar surface area (TPSA) is 55.0 Å². The number of hydrogen-bond acceptors (Lipinski definition) is 3. The summed E-state index contributed by atoms with van der Waals surface area (Å²) in [4.78, 5) is 18.2. The Morgan fingerprint density at radius 2 is 2.43 bits per heavy atom. The molecule has 0 aliphatic heterocycles. The van der Waals surface area contributed by atoms with Gasteiger partial charge in [-0.2, -0.15) is 0 Å². The summed E-state index contributed by atoms with van der Waals surface area (Å²) in [6.07, 6.45) is 3.57. The summed E-state index contributed by atoms with van der Waals surface area (Å²) in [7, 11) is 0. The quantitative estimate of drug-likeness (QED) is 0.728. The van der Waals surface area contributed by atoms with E-state index in [2.05, 4.69) is 9.97 Å². The molecule has 1 aromatic heterocycles. The van der Waals surface area contributed by atoms with Gasteiger partial charge in [0.1, 0.15) is 0 Å². The van der Waals surface area contributed by atoms with Crippen molar-refractivity contribution in [3.05, 3.63) is 17.7 Å². The lowest BCUT2D eigenvalue weighted by Crippen LogP contribution is -2.06. The molecule has 0 bridgehead atoms. The van der Waals surface area contributed by atoms with Gasteiger partial charge in [0.2, 0.25) is 0 Å². The van der Waals surface area contributed by atoms with Crippen LogP contribution in [0.3, 0.4) is 0 Å². The van der Waals surface area contributed by atoms with Crippen molar-refractivity contribution in [2.75, 3.05) is 6.61 Å². The molecule has 0 aliphatic carbocycles. The number of H-pyrrole nitrogens is 1. The number of aromatic amines is 1. The van der Waals surface area contributed by atoms with Crippen molar-refractivity contribution in [2.24, 2.45) is 0 Å². The molecule has 1 aromatic rings. The van der Waals surface area contributed by atoms with Gasteiger partial charge in [0.05, 0.1) is 25.0 Å². The largest absolute Gasteiger partial charge is 0.466 e. The average molecular weight is 196 g/mol. The maximum Gasteiger partial charge on any atom is 0.306 e. The molecule has 0 fully saturated rings. The second-order valence-electron chi connectivity index (χ2n) is 3.19. The number of nitrogens with zero attached hydrogens (tertiary/aromatic N) is 1. The van der Waals surface area contributed by atoms with E-state index >= 15 is 0 Å². The van der Waals surface area contributed by atoms with E-state index < -0.39 is 0 Å². The number of rotatable bonds is 5. The number of nitrogens with one attached hydrogen (secondary N) is 1. The molecule has 0 aliphatic rings. The fraction of sp³-hybridized carbons (Fsp3) is 0.600. The molecule has 78 valence electrons. The number of aryl methyl sites for hydroxylation is 2. The molecular formula is C10H16N2O2. The van der Waals surface area contributed by atoms with Crippen LogP contribution < -0.4 is 0 Å².